The van der Waals surface area contributed by atoms with Crippen molar-refractivity contribution in [3.8, 4) is 11.1 Å². The van der Waals surface area contributed by atoms with E-state index in [0.29, 0.717) is 0 Å². The zero-order valence-corrected chi connectivity index (χ0v) is 10.7. The molecule has 0 aliphatic carbocycles. The lowest BCUT2D eigenvalue weighted by Crippen LogP contribution is -2.10. The number of hydrogen-bond donors (Lipinski definition) is 0. The molecule has 0 bridgehead atoms. The molecular weight excluding hydrogens is 206 g/mol. The molecule has 0 aliphatic heterocycles. The van der Waals surface area contributed by atoms with Crippen LogP contribution in [0.15, 0.2) is 42.5 Å². The van der Waals surface area contributed by atoms with Gasteiger partial charge >= 0.3 is 0 Å². The first-order valence-corrected chi connectivity index (χ1v) is 5.88. The van der Waals surface area contributed by atoms with Crippen molar-refractivity contribution in [2.75, 3.05) is 14.1 Å². The fraction of sp³-hybridized carbons (Fsp3) is 0.250. The maximum Gasteiger partial charge on any atom is 0.0227 e. The van der Waals surface area contributed by atoms with Gasteiger partial charge in [-0.3, -0.25) is 0 Å². The fourth-order valence-electron chi connectivity index (χ4n) is 1.97. The summed E-state index contributed by atoms with van der Waals surface area (Å²) in [5, 5.41) is 0. The Balaban J connectivity index is 2.27. The van der Waals surface area contributed by atoms with Crippen LogP contribution >= 0.6 is 0 Å². The molecule has 0 unspecified atom stereocenters. The van der Waals surface area contributed by atoms with Gasteiger partial charge in [0.1, 0.15) is 0 Å². The summed E-state index contributed by atoms with van der Waals surface area (Å²) in [6.45, 7) is 3.11. The highest BCUT2D eigenvalue weighted by Crippen LogP contribution is 2.22. The summed E-state index contributed by atoms with van der Waals surface area (Å²) >= 11 is 0. The number of aryl methyl sites for hydroxylation is 1. The van der Waals surface area contributed by atoms with E-state index in [2.05, 4.69) is 62.3 Å². The summed E-state index contributed by atoms with van der Waals surface area (Å²) in [7, 11) is 4.17. The van der Waals surface area contributed by atoms with Gasteiger partial charge in [-0.05, 0) is 49.3 Å². The molecule has 0 spiro atoms. The molecule has 1 heteroatoms. The second kappa shape index (κ2) is 5.15. The summed E-state index contributed by atoms with van der Waals surface area (Å²) in [5.41, 5.74) is 5.05. The summed E-state index contributed by atoms with van der Waals surface area (Å²) < 4.78 is 0. The summed E-state index contributed by atoms with van der Waals surface area (Å²) in [5.74, 6) is 0. The summed E-state index contributed by atoms with van der Waals surface area (Å²) in [6.07, 6.45) is 0. The van der Waals surface area contributed by atoms with Crippen LogP contribution in [0.4, 0.5) is 0 Å². The molecule has 0 aliphatic rings. The van der Waals surface area contributed by atoms with Crippen LogP contribution in [0, 0.1) is 13.0 Å². The molecular formula is C16H18N. The lowest BCUT2D eigenvalue weighted by atomic mass is 9.99. The van der Waals surface area contributed by atoms with Gasteiger partial charge in [-0.25, -0.2) is 0 Å². The highest BCUT2D eigenvalue weighted by Gasteiger charge is 2.01. The van der Waals surface area contributed by atoms with Crippen LogP contribution in [-0.4, -0.2) is 19.0 Å². The van der Waals surface area contributed by atoms with Crippen LogP contribution in [0.2, 0.25) is 0 Å². The molecule has 0 saturated carbocycles. The van der Waals surface area contributed by atoms with E-state index in [9.17, 15) is 0 Å². The third-order valence-corrected chi connectivity index (χ3v) is 2.81. The van der Waals surface area contributed by atoms with Crippen LogP contribution in [0.1, 0.15) is 11.1 Å². The SMILES string of the molecule is Cc1ccc[c]c1-c1ccc(CN(C)C)cc1. The Morgan fingerprint density at radius 2 is 1.76 bits per heavy atom. The van der Waals surface area contributed by atoms with E-state index >= 15 is 0 Å². The Morgan fingerprint density at radius 1 is 1.06 bits per heavy atom. The second-order valence-electron chi connectivity index (χ2n) is 4.66. The molecule has 87 valence electrons. The van der Waals surface area contributed by atoms with E-state index in [0.717, 1.165) is 6.54 Å². The van der Waals surface area contributed by atoms with Gasteiger partial charge in [0.15, 0.2) is 0 Å². The predicted molar refractivity (Wildman–Crippen MR) is 72.8 cm³/mol. The molecule has 2 rings (SSSR count). The smallest absolute Gasteiger partial charge is 0.0227 e. The minimum Gasteiger partial charge on any atom is -0.305 e. The molecule has 17 heavy (non-hydrogen) atoms. The van der Waals surface area contributed by atoms with E-state index in [1.807, 2.05) is 12.1 Å². The Kier molecular flexibility index (Phi) is 3.60. The maximum atomic E-state index is 3.30. The minimum atomic E-state index is 0.984. The van der Waals surface area contributed by atoms with Crippen molar-refractivity contribution in [2.45, 2.75) is 13.5 Å². The first-order valence-electron chi connectivity index (χ1n) is 5.88. The lowest BCUT2D eigenvalue weighted by molar-refractivity contribution is 0.402. The van der Waals surface area contributed by atoms with Crippen molar-refractivity contribution >= 4 is 0 Å². The number of hydrogen-bond acceptors (Lipinski definition) is 1. The molecule has 0 fully saturated rings. The molecule has 2 aromatic rings. The van der Waals surface area contributed by atoms with Gasteiger partial charge in [0.2, 0.25) is 0 Å². The zero-order chi connectivity index (χ0) is 12.3. The third kappa shape index (κ3) is 2.95. The normalized spacial score (nSPS) is 10.8. The van der Waals surface area contributed by atoms with E-state index in [1.54, 1.807) is 0 Å². The highest BCUT2D eigenvalue weighted by atomic mass is 15.0. The quantitative estimate of drug-likeness (QED) is 0.771. The van der Waals surface area contributed by atoms with Crippen molar-refractivity contribution in [2.24, 2.45) is 0 Å². The van der Waals surface area contributed by atoms with Crippen LogP contribution < -0.4 is 0 Å². The van der Waals surface area contributed by atoms with Crippen LogP contribution in [0.5, 0.6) is 0 Å². The molecule has 0 amide bonds. The summed E-state index contributed by atoms with van der Waals surface area (Å²) in [4.78, 5) is 2.18. The van der Waals surface area contributed by atoms with Crippen molar-refractivity contribution in [1.29, 1.82) is 0 Å². The van der Waals surface area contributed by atoms with E-state index in [1.165, 1.54) is 22.3 Å². The Hall–Kier alpha value is -1.60. The van der Waals surface area contributed by atoms with Gasteiger partial charge in [-0.1, -0.05) is 42.5 Å². The molecule has 1 radical (unpaired) electrons. The van der Waals surface area contributed by atoms with E-state index < -0.39 is 0 Å². The van der Waals surface area contributed by atoms with Crippen LogP contribution in [0.25, 0.3) is 11.1 Å². The molecule has 0 atom stereocenters. The van der Waals surface area contributed by atoms with Gasteiger partial charge in [0.25, 0.3) is 0 Å². The molecule has 1 nitrogen and oxygen atoms in total. The van der Waals surface area contributed by atoms with Crippen molar-refractivity contribution in [1.82, 2.24) is 4.90 Å². The zero-order valence-electron chi connectivity index (χ0n) is 10.7. The van der Waals surface area contributed by atoms with Crippen molar-refractivity contribution in [3.05, 3.63) is 59.7 Å². The first-order chi connectivity index (χ1) is 8.16. The lowest BCUT2D eigenvalue weighted by Gasteiger charge is -2.10. The molecule has 0 saturated heterocycles. The fourth-order valence-corrected chi connectivity index (χ4v) is 1.97. The summed E-state index contributed by atoms with van der Waals surface area (Å²) in [6, 6.07) is 18.2. The molecule has 0 aromatic heterocycles. The molecule has 2 aromatic carbocycles. The maximum absolute atomic E-state index is 3.30. The Bertz CT molecular complexity index is 483. The Morgan fingerprint density at radius 3 is 2.35 bits per heavy atom. The topological polar surface area (TPSA) is 3.24 Å². The first kappa shape index (κ1) is 11.9. The third-order valence-electron chi connectivity index (χ3n) is 2.81. The predicted octanol–water partition coefficient (Wildman–Crippen LogP) is 3.52. The van der Waals surface area contributed by atoms with Gasteiger partial charge < -0.3 is 4.90 Å². The average molecular weight is 224 g/mol. The number of nitrogens with zero attached hydrogens (tertiary/aromatic N) is 1. The number of rotatable bonds is 3. The monoisotopic (exact) mass is 224 g/mol. The van der Waals surface area contributed by atoms with Gasteiger partial charge in [0.05, 0.1) is 0 Å². The van der Waals surface area contributed by atoms with E-state index in [-0.39, 0.29) is 0 Å². The largest absolute Gasteiger partial charge is 0.305 e. The molecule has 0 heterocycles. The van der Waals surface area contributed by atoms with Crippen LogP contribution in [-0.2, 0) is 6.54 Å². The molecule has 0 N–H and O–H groups in total. The van der Waals surface area contributed by atoms with Gasteiger partial charge in [-0.15, -0.1) is 0 Å². The Labute approximate surface area is 104 Å². The van der Waals surface area contributed by atoms with Gasteiger partial charge in [0, 0.05) is 6.54 Å². The van der Waals surface area contributed by atoms with Crippen LogP contribution in [0.3, 0.4) is 0 Å². The van der Waals surface area contributed by atoms with Crippen molar-refractivity contribution < 1.29 is 0 Å². The van der Waals surface area contributed by atoms with E-state index in [4.69, 9.17) is 0 Å². The minimum absolute atomic E-state index is 0.984. The average Bonchev–Trinajstić information content (AvgIpc) is 2.30. The highest BCUT2D eigenvalue weighted by molar-refractivity contribution is 5.66. The standard InChI is InChI=1S/C16H18N/c1-13-6-4-5-7-16(13)15-10-8-14(9-11-15)12-17(2)3/h4-6,8-11H,12H2,1-3H3. The van der Waals surface area contributed by atoms with Crippen molar-refractivity contribution in [3.63, 3.8) is 0 Å². The number of benzene rings is 2. The van der Waals surface area contributed by atoms with Gasteiger partial charge in [-0.2, -0.15) is 0 Å². The second-order valence-corrected chi connectivity index (χ2v) is 4.66.